The number of piperidine rings is 1. The van der Waals surface area contributed by atoms with Crippen LogP contribution in [0, 0.1) is 5.92 Å². The lowest BCUT2D eigenvalue weighted by Crippen LogP contribution is -2.31. The second-order valence-corrected chi connectivity index (χ2v) is 4.64. The maximum absolute atomic E-state index is 5.36. The van der Waals surface area contributed by atoms with E-state index in [1.807, 2.05) is 12.1 Å². The lowest BCUT2D eigenvalue weighted by molar-refractivity contribution is 0.174. The van der Waals surface area contributed by atoms with E-state index in [-0.39, 0.29) is 0 Å². The SMILES string of the molecule is c1cc2c(cc1NCC1CCNCC1)OCO2. The van der Waals surface area contributed by atoms with Gasteiger partial charge in [0.05, 0.1) is 0 Å². The topological polar surface area (TPSA) is 42.5 Å². The summed E-state index contributed by atoms with van der Waals surface area (Å²) < 4.78 is 10.6. The predicted molar refractivity (Wildman–Crippen MR) is 66.6 cm³/mol. The Morgan fingerprint density at radius 2 is 2.00 bits per heavy atom. The quantitative estimate of drug-likeness (QED) is 0.837. The number of fused-ring (bicyclic) bond motifs is 1. The van der Waals surface area contributed by atoms with Crippen LogP contribution in [-0.2, 0) is 0 Å². The summed E-state index contributed by atoms with van der Waals surface area (Å²) in [5.74, 6) is 2.47. The molecular weight excluding hydrogens is 216 g/mol. The van der Waals surface area contributed by atoms with Crippen LogP contribution >= 0.6 is 0 Å². The minimum atomic E-state index is 0.340. The van der Waals surface area contributed by atoms with Crippen molar-refractivity contribution in [2.45, 2.75) is 12.8 Å². The zero-order valence-corrected chi connectivity index (χ0v) is 9.87. The van der Waals surface area contributed by atoms with Gasteiger partial charge in [0.15, 0.2) is 11.5 Å². The van der Waals surface area contributed by atoms with Crippen molar-refractivity contribution < 1.29 is 9.47 Å². The molecule has 2 heterocycles. The van der Waals surface area contributed by atoms with Gasteiger partial charge in [0, 0.05) is 18.3 Å². The molecular formula is C13H18N2O2. The fraction of sp³-hybridized carbons (Fsp3) is 0.538. The number of hydrogen-bond acceptors (Lipinski definition) is 4. The molecule has 0 bridgehead atoms. The van der Waals surface area contributed by atoms with Crippen molar-refractivity contribution in [3.63, 3.8) is 0 Å². The van der Waals surface area contributed by atoms with Crippen molar-refractivity contribution in [3.8, 4) is 11.5 Å². The van der Waals surface area contributed by atoms with Gasteiger partial charge in [0.1, 0.15) is 0 Å². The highest BCUT2D eigenvalue weighted by molar-refractivity contribution is 5.55. The molecule has 2 aliphatic rings. The molecule has 17 heavy (non-hydrogen) atoms. The number of ether oxygens (including phenoxy) is 2. The molecule has 92 valence electrons. The van der Waals surface area contributed by atoms with Gasteiger partial charge in [-0.2, -0.15) is 0 Å². The van der Waals surface area contributed by atoms with E-state index in [0.29, 0.717) is 6.79 Å². The molecule has 3 rings (SSSR count). The van der Waals surface area contributed by atoms with Crippen LogP contribution in [0.15, 0.2) is 18.2 Å². The summed E-state index contributed by atoms with van der Waals surface area (Å²) in [6.45, 7) is 3.68. The number of anilines is 1. The minimum absolute atomic E-state index is 0.340. The Bertz CT molecular complexity index is 389. The molecule has 0 spiro atoms. The lowest BCUT2D eigenvalue weighted by Gasteiger charge is -2.23. The van der Waals surface area contributed by atoms with Crippen molar-refractivity contribution in [3.05, 3.63) is 18.2 Å². The van der Waals surface area contributed by atoms with Gasteiger partial charge >= 0.3 is 0 Å². The van der Waals surface area contributed by atoms with Crippen LogP contribution < -0.4 is 20.1 Å². The molecule has 0 aliphatic carbocycles. The summed E-state index contributed by atoms with van der Waals surface area (Å²) in [6, 6.07) is 6.03. The van der Waals surface area contributed by atoms with Gasteiger partial charge in [0.25, 0.3) is 0 Å². The Hall–Kier alpha value is -1.42. The third kappa shape index (κ3) is 2.47. The first-order chi connectivity index (χ1) is 8.42. The van der Waals surface area contributed by atoms with E-state index in [2.05, 4.69) is 16.7 Å². The van der Waals surface area contributed by atoms with Gasteiger partial charge in [-0.15, -0.1) is 0 Å². The second-order valence-electron chi connectivity index (χ2n) is 4.64. The third-order valence-corrected chi connectivity index (χ3v) is 3.43. The van der Waals surface area contributed by atoms with Crippen LogP contribution in [0.4, 0.5) is 5.69 Å². The summed E-state index contributed by atoms with van der Waals surface area (Å²) >= 11 is 0. The van der Waals surface area contributed by atoms with Gasteiger partial charge < -0.3 is 20.1 Å². The molecule has 0 radical (unpaired) electrons. The lowest BCUT2D eigenvalue weighted by atomic mass is 9.98. The standard InChI is InChI=1S/C13H18N2O2/c1-2-12-13(17-9-16-12)7-11(1)15-8-10-3-5-14-6-4-10/h1-2,7,10,14-15H,3-6,8-9H2. The molecule has 0 amide bonds. The van der Waals surface area contributed by atoms with Crippen LogP contribution in [-0.4, -0.2) is 26.4 Å². The van der Waals surface area contributed by atoms with Crippen LogP contribution in [0.2, 0.25) is 0 Å². The smallest absolute Gasteiger partial charge is 0.231 e. The van der Waals surface area contributed by atoms with Crippen molar-refractivity contribution >= 4 is 5.69 Å². The first-order valence-electron chi connectivity index (χ1n) is 6.26. The van der Waals surface area contributed by atoms with Crippen molar-refractivity contribution in [1.82, 2.24) is 5.32 Å². The number of nitrogens with one attached hydrogen (secondary N) is 2. The fourth-order valence-electron chi connectivity index (χ4n) is 2.35. The Balaban J connectivity index is 1.57. The fourth-order valence-corrected chi connectivity index (χ4v) is 2.35. The molecule has 4 heteroatoms. The predicted octanol–water partition coefficient (Wildman–Crippen LogP) is 1.83. The van der Waals surface area contributed by atoms with E-state index >= 15 is 0 Å². The maximum atomic E-state index is 5.36. The Kier molecular flexibility index (Phi) is 3.05. The Morgan fingerprint density at radius 1 is 1.18 bits per heavy atom. The molecule has 1 aromatic rings. The minimum Gasteiger partial charge on any atom is -0.454 e. The highest BCUT2D eigenvalue weighted by Crippen LogP contribution is 2.34. The van der Waals surface area contributed by atoms with Crippen LogP contribution in [0.3, 0.4) is 0 Å². The first-order valence-corrected chi connectivity index (χ1v) is 6.26. The molecule has 2 N–H and O–H groups in total. The van der Waals surface area contributed by atoms with Gasteiger partial charge in [-0.05, 0) is 44.0 Å². The van der Waals surface area contributed by atoms with E-state index in [9.17, 15) is 0 Å². The van der Waals surface area contributed by atoms with Crippen LogP contribution in [0.1, 0.15) is 12.8 Å². The van der Waals surface area contributed by atoms with E-state index < -0.39 is 0 Å². The van der Waals surface area contributed by atoms with Gasteiger partial charge in [-0.1, -0.05) is 0 Å². The monoisotopic (exact) mass is 234 g/mol. The van der Waals surface area contributed by atoms with E-state index in [1.165, 1.54) is 12.8 Å². The van der Waals surface area contributed by atoms with Gasteiger partial charge in [-0.25, -0.2) is 0 Å². The Morgan fingerprint density at radius 3 is 2.88 bits per heavy atom. The third-order valence-electron chi connectivity index (χ3n) is 3.43. The summed E-state index contributed by atoms with van der Waals surface area (Å²) in [7, 11) is 0. The summed E-state index contributed by atoms with van der Waals surface area (Å²) in [5, 5.41) is 6.86. The highest BCUT2D eigenvalue weighted by atomic mass is 16.7. The molecule has 0 aromatic heterocycles. The Labute approximate surface area is 101 Å². The molecule has 1 saturated heterocycles. The van der Waals surface area contributed by atoms with Crippen molar-refractivity contribution in [1.29, 1.82) is 0 Å². The zero-order chi connectivity index (χ0) is 11.5. The van der Waals surface area contributed by atoms with E-state index in [4.69, 9.17) is 9.47 Å². The molecule has 0 unspecified atom stereocenters. The average molecular weight is 234 g/mol. The second kappa shape index (κ2) is 4.84. The summed E-state index contributed by atoms with van der Waals surface area (Å²) in [5.41, 5.74) is 1.12. The van der Waals surface area contributed by atoms with Crippen LogP contribution in [0.25, 0.3) is 0 Å². The normalized spacial score (nSPS) is 19.3. The largest absolute Gasteiger partial charge is 0.454 e. The molecule has 0 saturated carbocycles. The molecule has 4 nitrogen and oxygen atoms in total. The van der Waals surface area contributed by atoms with E-state index in [0.717, 1.165) is 42.7 Å². The number of benzene rings is 1. The van der Waals surface area contributed by atoms with Crippen LogP contribution in [0.5, 0.6) is 11.5 Å². The average Bonchev–Trinajstić information content (AvgIpc) is 2.85. The first kappa shape index (κ1) is 10.7. The maximum Gasteiger partial charge on any atom is 0.231 e. The van der Waals surface area contributed by atoms with Gasteiger partial charge in [0.2, 0.25) is 6.79 Å². The molecule has 1 aromatic carbocycles. The number of hydrogen-bond donors (Lipinski definition) is 2. The van der Waals surface area contributed by atoms with Crippen molar-refractivity contribution in [2.24, 2.45) is 5.92 Å². The van der Waals surface area contributed by atoms with Crippen molar-refractivity contribution in [2.75, 3.05) is 31.7 Å². The zero-order valence-electron chi connectivity index (χ0n) is 9.87. The molecule has 2 aliphatic heterocycles. The molecule has 1 fully saturated rings. The number of rotatable bonds is 3. The summed E-state index contributed by atoms with van der Waals surface area (Å²) in [6.07, 6.45) is 2.52. The molecule has 0 atom stereocenters. The van der Waals surface area contributed by atoms with Gasteiger partial charge in [-0.3, -0.25) is 0 Å². The van der Waals surface area contributed by atoms with E-state index in [1.54, 1.807) is 0 Å². The highest BCUT2D eigenvalue weighted by Gasteiger charge is 2.15. The summed E-state index contributed by atoms with van der Waals surface area (Å²) in [4.78, 5) is 0.